The molecule has 2 rings (SSSR count). The lowest BCUT2D eigenvalue weighted by Gasteiger charge is -2.08. The number of carboxylic acid groups (broad SMARTS) is 1. The summed E-state index contributed by atoms with van der Waals surface area (Å²) in [5.41, 5.74) is 1.48. The van der Waals surface area contributed by atoms with E-state index < -0.39 is 11.9 Å². The first kappa shape index (κ1) is 14.5. The molecule has 6 heteroatoms. The van der Waals surface area contributed by atoms with Crippen molar-refractivity contribution in [2.75, 3.05) is 5.32 Å². The molecule has 0 aliphatic rings. The number of hydrogen-bond donors (Lipinski definition) is 3. The Kier molecular flexibility index (Phi) is 4.50. The van der Waals surface area contributed by atoms with Crippen LogP contribution < -0.4 is 5.32 Å². The van der Waals surface area contributed by atoms with Crippen molar-refractivity contribution < 1.29 is 19.8 Å². The summed E-state index contributed by atoms with van der Waals surface area (Å²) in [6, 6.07) is 8.35. The SMILES string of the molecule is O=C(O)CCc1cccc(NC(=O)c2ccncc2O)c1. The van der Waals surface area contributed by atoms with Crippen LogP contribution in [-0.4, -0.2) is 27.1 Å². The third-order valence-corrected chi connectivity index (χ3v) is 2.86. The van der Waals surface area contributed by atoms with Crippen LogP contribution in [0.15, 0.2) is 42.7 Å². The lowest BCUT2D eigenvalue weighted by Crippen LogP contribution is -2.12. The molecule has 1 amide bonds. The van der Waals surface area contributed by atoms with Gasteiger partial charge >= 0.3 is 5.97 Å². The fourth-order valence-electron chi connectivity index (χ4n) is 1.83. The number of anilines is 1. The van der Waals surface area contributed by atoms with Gasteiger partial charge < -0.3 is 15.5 Å². The van der Waals surface area contributed by atoms with Gasteiger partial charge in [-0.25, -0.2) is 0 Å². The topological polar surface area (TPSA) is 99.5 Å². The molecule has 21 heavy (non-hydrogen) atoms. The maximum Gasteiger partial charge on any atom is 0.303 e. The number of carbonyl (C=O) groups excluding carboxylic acids is 1. The number of aryl methyl sites for hydroxylation is 1. The molecule has 0 aliphatic heterocycles. The number of pyridine rings is 1. The number of carboxylic acids is 1. The van der Waals surface area contributed by atoms with Crippen LogP contribution in [0, 0.1) is 0 Å². The van der Waals surface area contributed by atoms with Crippen molar-refractivity contribution in [3.8, 4) is 5.75 Å². The molecule has 1 aromatic heterocycles. The van der Waals surface area contributed by atoms with Crippen LogP contribution in [0.3, 0.4) is 0 Å². The zero-order chi connectivity index (χ0) is 15.2. The molecule has 0 aliphatic carbocycles. The second-order valence-corrected chi connectivity index (χ2v) is 4.44. The van der Waals surface area contributed by atoms with E-state index in [1.54, 1.807) is 24.3 Å². The third-order valence-electron chi connectivity index (χ3n) is 2.86. The summed E-state index contributed by atoms with van der Waals surface area (Å²) >= 11 is 0. The Morgan fingerprint density at radius 3 is 2.76 bits per heavy atom. The first-order valence-corrected chi connectivity index (χ1v) is 6.31. The van der Waals surface area contributed by atoms with Gasteiger partial charge in [0.05, 0.1) is 11.8 Å². The highest BCUT2D eigenvalue weighted by Crippen LogP contribution is 2.18. The average Bonchev–Trinajstić information content (AvgIpc) is 2.46. The Morgan fingerprint density at radius 2 is 2.05 bits per heavy atom. The molecule has 0 saturated carbocycles. The van der Waals surface area contributed by atoms with Crippen LogP contribution in [0.2, 0.25) is 0 Å². The normalized spacial score (nSPS) is 10.1. The number of nitrogens with zero attached hydrogens (tertiary/aromatic N) is 1. The highest BCUT2D eigenvalue weighted by Gasteiger charge is 2.11. The first-order valence-electron chi connectivity index (χ1n) is 6.31. The van der Waals surface area contributed by atoms with Crippen LogP contribution in [0.4, 0.5) is 5.69 Å². The number of amides is 1. The number of benzene rings is 1. The number of aromatic nitrogens is 1. The minimum absolute atomic E-state index is 0.0303. The Morgan fingerprint density at radius 1 is 1.24 bits per heavy atom. The fraction of sp³-hybridized carbons (Fsp3) is 0.133. The van der Waals surface area contributed by atoms with E-state index in [2.05, 4.69) is 10.3 Å². The van der Waals surface area contributed by atoms with E-state index in [0.717, 1.165) is 5.56 Å². The highest BCUT2D eigenvalue weighted by molar-refractivity contribution is 6.06. The molecule has 1 heterocycles. The van der Waals surface area contributed by atoms with Gasteiger partial charge in [-0.3, -0.25) is 14.6 Å². The van der Waals surface area contributed by atoms with Gasteiger partial charge in [0.25, 0.3) is 5.91 Å². The van der Waals surface area contributed by atoms with E-state index in [-0.39, 0.29) is 17.7 Å². The monoisotopic (exact) mass is 286 g/mol. The molecule has 0 atom stereocenters. The van der Waals surface area contributed by atoms with E-state index in [1.165, 1.54) is 18.5 Å². The van der Waals surface area contributed by atoms with Gasteiger partial charge in [0.15, 0.2) is 0 Å². The molecule has 0 spiro atoms. The molecule has 0 saturated heterocycles. The van der Waals surface area contributed by atoms with Crippen molar-refractivity contribution in [1.82, 2.24) is 4.98 Å². The van der Waals surface area contributed by atoms with Gasteiger partial charge in [-0.15, -0.1) is 0 Å². The van der Waals surface area contributed by atoms with E-state index in [9.17, 15) is 14.7 Å². The summed E-state index contributed by atoms with van der Waals surface area (Å²) in [6.07, 6.45) is 3.03. The van der Waals surface area contributed by atoms with Gasteiger partial charge in [0.1, 0.15) is 5.75 Å². The lowest BCUT2D eigenvalue weighted by atomic mass is 10.1. The fourth-order valence-corrected chi connectivity index (χ4v) is 1.83. The Balaban J connectivity index is 2.09. The number of carbonyl (C=O) groups is 2. The molecule has 0 unspecified atom stereocenters. The molecule has 1 aromatic carbocycles. The standard InChI is InChI=1S/C15H14N2O4/c18-13-9-16-7-6-12(13)15(21)17-11-3-1-2-10(8-11)4-5-14(19)20/h1-3,6-9,18H,4-5H2,(H,17,21)(H,19,20). The molecule has 6 nitrogen and oxygen atoms in total. The number of rotatable bonds is 5. The van der Waals surface area contributed by atoms with Crippen molar-refractivity contribution in [3.63, 3.8) is 0 Å². The van der Waals surface area contributed by atoms with Crippen molar-refractivity contribution in [1.29, 1.82) is 0 Å². The summed E-state index contributed by atoms with van der Waals surface area (Å²) in [5.74, 6) is -1.52. The summed E-state index contributed by atoms with van der Waals surface area (Å²) < 4.78 is 0. The Labute approximate surface area is 121 Å². The highest BCUT2D eigenvalue weighted by atomic mass is 16.4. The molecular formula is C15H14N2O4. The van der Waals surface area contributed by atoms with Crippen molar-refractivity contribution >= 4 is 17.6 Å². The van der Waals surface area contributed by atoms with Crippen LogP contribution in [0.1, 0.15) is 22.3 Å². The van der Waals surface area contributed by atoms with Gasteiger partial charge in [-0.05, 0) is 30.2 Å². The lowest BCUT2D eigenvalue weighted by molar-refractivity contribution is -0.136. The second kappa shape index (κ2) is 6.51. The zero-order valence-corrected chi connectivity index (χ0v) is 11.1. The van der Waals surface area contributed by atoms with E-state index >= 15 is 0 Å². The van der Waals surface area contributed by atoms with Crippen molar-refractivity contribution in [2.24, 2.45) is 0 Å². The van der Waals surface area contributed by atoms with Crippen LogP contribution in [-0.2, 0) is 11.2 Å². The predicted molar refractivity (Wildman–Crippen MR) is 76.3 cm³/mol. The van der Waals surface area contributed by atoms with Gasteiger partial charge in [0, 0.05) is 18.3 Å². The average molecular weight is 286 g/mol. The number of nitrogens with one attached hydrogen (secondary N) is 1. The van der Waals surface area contributed by atoms with Crippen molar-refractivity contribution in [3.05, 3.63) is 53.9 Å². The quantitative estimate of drug-likeness (QED) is 0.781. The maximum atomic E-state index is 12.0. The Bertz CT molecular complexity index is 670. The Hall–Kier alpha value is -2.89. The minimum atomic E-state index is -0.869. The van der Waals surface area contributed by atoms with E-state index in [4.69, 9.17) is 5.11 Å². The summed E-state index contributed by atoms with van der Waals surface area (Å²) in [5, 5.41) is 20.9. The smallest absolute Gasteiger partial charge is 0.303 e. The molecule has 3 N–H and O–H groups in total. The van der Waals surface area contributed by atoms with Gasteiger partial charge in [0.2, 0.25) is 0 Å². The van der Waals surface area contributed by atoms with Crippen LogP contribution in [0.25, 0.3) is 0 Å². The number of hydrogen-bond acceptors (Lipinski definition) is 4. The molecule has 0 radical (unpaired) electrons. The molecular weight excluding hydrogens is 272 g/mol. The second-order valence-electron chi connectivity index (χ2n) is 4.44. The van der Waals surface area contributed by atoms with E-state index in [0.29, 0.717) is 12.1 Å². The van der Waals surface area contributed by atoms with Crippen LogP contribution >= 0.6 is 0 Å². The molecule has 0 fully saturated rings. The van der Waals surface area contributed by atoms with Gasteiger partial charge in [-0.2, -0.15) is 0 Å². The zero-order valence-electron chi connectivity index (χ0n) is 11.1. The number of aromatic hydroxyl groups is 1. The maximum absolute atomic E-state index is 12.0. The molecule has 0 bridgehead atoms. The van der Waals surface area contributed by atoms with E-state index in [1.807, 2.05) is 0 Å². The molecule has 108 valence electrons. The first-order chi connectivity index (χ1) is 10.1. The summed E-state index contributed by atoms with van der Waals surface area (Å²) in [7, 11) is 0. The summed E-state index contributed by atoms with van der Waals surface area (Å²) in [4.78, 5) is 26.3. The molecule has 2 aromatic rings. The van der Waals surface area contributed by atoms with Crippen LogP contribution in [0.5, 0.6) is 5.75 Å². The largest absolute Gasteiger partial charge is 0.505 e. The number of aliphatic carboxylic acids is 1. The summed E-state index contributed by atoms with van der Waals surface area (Å²) in [6.45, 7) is 0. The van der Waals surface area contributed by atoms with Crippen molar-refractivity contribution in [2.45, 2.75) is 12.8 Å². The van der Waals surface area contributed by atoms with Gasteiger partial charge in [-0.1, -0.05) is 12.1 Å². The predicted octanol–water partition coefficient (Wildman–Crippen LogP) is 2.06. The minimum Gasteiger partial charge on any atom is -0.505 e. The third kappa shape index (κ3) is 4.04.